The summed E-state index contributed by atoms with van der Waals surface area (Å²) in [6, 6.07) is 0.647. The van der Waals surface area contributed by atoms with Gasteiger partial charge in [-0.3, -0.25) is 4.79 Å². The van der Waals surface area contributed by atoms with Gasteiger partial charge in [-0.05, 0) is 53.2 Å². The van der Waals surface area contributed by atoms with Gasteiger partial charge in [0.2, 0.25) is 5.91 Å². The van der Waals surface area contributed by atoms with Crippen LogP contribution in [0.5, 0.6) is 0 Å². The van der Waals surface area contributed by atoms with E-state index in [1.165, 1.54) is 12.8 Å². The van der Waals surface area contributed by atoms with Crippen LogP contribution in [0, 0.1) is 5.92 Å². The van der Waals surface area contributed by atoms with E-state index in [0.29, 0.717) is 24.3 Å². The summed E-state index contributed by atoms with van der Waals surface area (Å²) in [4.78, 5) is 16.6. The molecular weight excluding hydrogens is 238 g/mol. The Bertz CT molecular complexity index is 281. The Morgan fingerprint density at radius 3 is 2.63 bits per heavy atom. The molecule has 0 radical (unpaired) electrons. The third-order valence-corrected chi connectivity index (χ3v) is 4.15. The van der Waals surface area contributed by atoms with Crippen molar-refractivity contribution in [2.24, 2.45) is 5.92 Å². The molecule has 0 aromatic carbocycles. The molecule has 1 N–H and O–H groups in total. The largest absolute Gasteiger partial charge is 0.339 e. The number of hydrogen-bond acceptors (Lipinski definition) is 3. The molecule has 112 valence electrons. The molecule has 3 atom stereocenters. The van der Waals surface area contributed by atoms with Gasteiger partial charge in [-0.25, -0.2) is 0 Å². The third-order valence-electron chi connectivity index (χ3n) is 4.15. The van der Waals surface area contributed by atoms with Crippen molar-refractivity contribution < 1.29 is 4.79 Å². The van der Waals surface area contributed by atoms with E-state index in [4.69, 9.17) is 0 Å². The minimum Gasteiger partial charge on any atom is -0.339 e. The number of nitrogens with zero attached hydrogens (tertiary/aromatic N) is 2. The molecular formula is C15H31N3O. The van der Waals surface area contributed by atoms with Crippen molar-refractivity contribution in [3.8, 4) is 0 Å². The molecule has 1 fully saturated rings. The van der Waals surface area contributed by atoms with E-state index >= 15 is 0 Å². The zero-order valence-corrected chi connectivity index (χ0v) is 13.3. The minimum absolute atomic E-state index is 0.284. The van der Waals surface area contributed by atoms with Crippen molar-refractivity contribution in [3.63, 3.8) is 0 Å². The average molecular weight is 269 g/mol. The van der Waals surface area contributed by atoms with Crippen molar-refractivity contribution in [1.29, 1.82) is 0 Å². The maximum Gasteiger partial charge on any atom is 0.224 e. The second kappa shape index (κ2) is 7.85. The summed E-state index contributed by atoms with van der Waals surface area (Å²) in [5.41, 5.74) is 0. The summed E-state index contributed by atoms with van der Waals surface area (Å²) in [7, 11) is 4.11. The summed E-state index contributed by atoms with van der Waals surface area (Å²) in [6.45, 7) is 9.24. The van der Waals surface area contributed by atoms with Gasteiger partial charge < -0.3 is 15.1 Å². The monoisotopic (exact) mass is 269 g/mol. The summed E-state index contributed by atoms with van der Waals surface area (Å²) >= 11 is 0. The van der Waals surface area contributed by atoms with E-state index in [-0.39, 0.29) is 6.04 Å². The number of amides is 1. The molecule has 4 heteroatoms. The third kappa shape index (κ3) is 5.11. The first-order valence-electron chi connectivity index (χ1n) is 7.63. The lowest BCUT2D eigenvalue weighted by Crippen LogP contribution is -2.48. The molecule has 0 spiro atoms. The Morgan fingerprint density at radius 2 is 2.11 bits per heavy atom. The van der Waals surface area contributed by atoms with Gasteiger partial charge in [0.15, 0.2) is 0 Å². The summed E-state index contributed by atoms with van der Waals surface area (Å²) in [6.07, 6.45) is 3.12. The number of carbonyl (C=O) groups excluding carboxylic acids is 1. The molecule has 0 aliphatic carbocycles. The maximum atomic E-state index is 12.5. The molecule has 1 aliphatic heterocycles. The predicted molar refractivity (Wildman–Crippen MR) is 80.2 cm³/mol. The second-order valence-electron chi connectivity index (χ2n) is 6.18. The maximum absolute atomic E-state index is 12.5. The summed E-state index contributed by atoms with van der Waals surface area (Å²) < 4.78 is 0. The predicted octanol–water partition coefficient (Wildman–Crippen LogP) is 1.56. The van der Waals surface area contributed by atoms with Gasteiger partial charge in [-0.2, -0.15) is 0 Å². The van der Waals surface area contributed by atoms with Crippen molar-refractivity contribution in [1.82, 2.24) is 15.1 Å². The fourth-order valence-corrected chi connectivity index (χ4v) is 3.05. The molecule has 0 aromatic heterocycles. The summed E-state index contributed by atoms with van der Waals surface area (Å²) in [5.74, 6) is 0.906. The molecule has 1 heterocycles. The molecule has 0 saturated carbocycles. The van der Waals surface area contributed by atoms with Crippen LogP contribution in [0.15, 0.2) is 0 Å². The van der Waals surface area contributed by atoms with E-state index in [9.17, 15) is 4.79 Å². The fourth-order valence-electron chi connectivity index (χ4n) is 3.05. The standard InChI is InChI=1S/C15H31N3O/c1-6-18(13(3)11-17(4)5)15(19)10-14-12(2)8-7-9-16-14/h12-14,16H,6-11H2,1-5H3. The number of nitrogens with one attached hydrogen (secondary N) is 1. The SMILES string of the molecule is CCN(C(=O)CC1NCCCC1C)C(C)CN(C)C. The smallest absolute Gasteiger partial charge is 0.224 e. The zero-order chi connectivity index (χ0) is 14.4. The van der Waals surface area contributed by atoms with E-state index in [1.54, 1.807) is 0 Å². The number of carbonyl (C=O) groups is 1. The molecule has 0 bridgehead atoms. The highest BCUT2D eigenvalue weighted by Gasteiger charge is 2.27. The Balaban J connectivity index is 2.53. The first-order valence-corrected chi connectivity index (χ1v) is 7.63. The normalized spacial score (nSPS) is 25.4. The molecule has 1 saturated heterocycles. The van der Waals surface area contributed by atoms with E-state index in [2.05, 4.69) is 45.1 Å². The molecule has 4 nitrogen and oxygen atoms in total. The van der Waals surface area contributed by atoms with E-state index in [0.717, 1.165) is 19.6 Å². The van der Waals surface area contributed by atoms with Crippen LogP contribution in [0.25, 0.3) is 0 Å². The Kier molecular flexibility index (Phi) is 6.80. The van der Waals surface area contributed by atoms with Crippen LogP contribution in [-0.4, -0.2) is 61.5 Å². The van der Waals surface area contributed by atoms with Gasteiger partial charge in [0.1, 0.15) is 0 Å². The van der Waals surface area contributed by atoms with Crippen molar-refractivity contribution in [2.45, 2.75) is 52.1 Å². The van der Waals surface area contributed by atoms with Crippen LogP contribution in [-0.2, 0) is 4.79 Å². The highest BCUT2D eigenvalue weighted by atomic mass is 16.2. The first-order chi connectivity index (χ1) is 8.95. The van der Waals surface area contributed by atoms with E-state index < -0.39 is 0 Å². The first kappa shape index (κ1) is 16.4. The van der Waals surface area contributed by atoms with E-state index in [1.807, 2.05) is 4.90 Å². The lowest BCUT2D eigenvalue weighted by molar-refractivity contribution is -0.134. The van der Waals surface area contributed by atoms with Crippen LogP contribution < -0.4 is 5.32 Å². The quantitative estimate of drug-likeness (QED) is 0.795. The topological polar surface area (TPSA) is 35.6 Å². The van der Waals surface area contributed by atoms with Gasteiger partial charge >= 0.3 is 0 Å². The van der Waals surface area contributed by atoms with Crippen LogP contribution in [0.3, 0.4) is 0 Å². The zero-order valence-electron chi connectivity index (χ0n) is 13.3. The summed E-state index contributed by atoms with van der Waals surface area (Å²) in [5, 5.41) is 3.50. The number of hydrogen-bond donors (Lipinski definition) is 1. The Morgan fingerprint density at radius 1 is 1.42 bits per heavy atom. The molecule has 1 amide bonds. The molecule has 0 aromatic rings. The molecule has 3 unspecified atom stereocenters. The van der Waals surface area contributed by atoms with Crippen LogP contribution in [0.4, 0.5) is 0 Å². The molecule has 1 aliphatic rings. The Labute approximate surface area is 118 Å². The van der Waals surface area contributed by atoms with Gasteiger partial charge in [-0.15, -0.1) is 0 Å². The number of rotatable bonds is 6. The van der Waals surface area contributed by atoms with Crippen molar-refractivity contribution in [2.75, 3.05) is 33.7 Å². The van der Waals surface area contributed by atoms with Gasteiger partial charge in [0.25, 0.3) is 0 Å². The van der Waals surface area contributed by atoms with Crippen LogP contribution >= 0.6 is 0 Å². The van der Waals surface area contributed by atoms with Crippen molar-refractivity contribution >= 4 is 5.91 Å². The van der Waals surface area contributed by atoms with Crippen molar-refractivity contribution in [3.05, 3.63) is 0 Å². The highest BCUT2D eigenvalue weighted by Crippen LogP contribution is 2.19. The number of likely N-dealkylation sites (N-methyl/N-ethyl adjacent to an activating group) is 2. The molecule has 1 rings (SSSR count). The lowest BCUT2D eigenvalue weighted by atomic mass is 9.90. The lowest BCUT2D eigenvalue weighted by Gasteiger charge is -2.34. The average Bonchev–Trinajstić information content (AvgIpc) is 2.32. The van der Waals surface area contributed by atoms with Crippen LogP contribution in [0.2, 0.25) is 0 Å². The van der Waals surface area contributed by atoms with Gasteiger partial charge in [0, 0.05) is 31.6 Å². The van der Waals surface area contributed by atoms with Gasteiger partial charge in [-0.1, -0.05) is 6.92 Å². The Hall–Kier alpha value is -0.610. The highest BCUT2D eigenvalue weighted by molar-refractivity contribution is 5.77. The second-order valence-corrected chi connectivity index (χ2v) is 6.18. The molecule has 19 heavy (non-hydrogen) atoms. The minimum atomic E-state index is 0.284. The number of piperidine rings is 1. The van der Waals surface area contributed by atoms with Crippen LogP contribution in [0.1, 0.15) is 40.0 Å². The fraction of sp³-hybridized carbons (Fsp3) is 0.933. The van der Waals surface area contributed by atoms with Gasteiger partial charge in [0.05, 0.1) is 0 Å².